The van der Waals surface area contributed by atoms with E-state index in [-0.39, 0.29) is 29.4 Å². The van der Waals surface area contributed by atoms with Gasteiger partial charge in [0.2, 0.25) is 0 Å². The van der Waals surface area contributed by atoms with E-state index >= 15 is 0 Å². The van der Waals surface area contributed by atoms with E-state index in [2.05, 4.69) is 33.4 Å². The molecule has 4 rings (SSSR count). The fourth-order valence-corrected chi connectivity index (χ4v) is 4.49. The Bertz CT molecular complexity index is 918. The number of nitro groups is 1. The van der Waals surface area contributed by atoms with Crippen LogP contribution in [0.4, 0.5) is 15.8 Å². The highest BCUT2D eigenvalue weighted by Gasteiger charge is 2.40. The standard InChI is InChI=1S/C18H13BrClFN2O2/c19-9-6-13-11-2-1-3-12(11)17(22-18(13)16(21)7-9)14-8-10(23(24)25)4-5-15(14)20/h1-2,4-8,11-12,17,22H,3H2/t11-,12-,17+/m0/s1. The lowest BCUT2D eigenvalue weighted by molar-refractivity contribution is -0.384. The Morgan fingerprint density at radius 1 is 1.28 bits per heavy atom. The van der Waals surface area contributed by atoms with Crippen molar-refractivity contribution in [3.63, 3.8) is 0 Å². The van der Waals surface area contributed by atoms with Crippen molar-refractivity contribution < 1.29 is 9.31 Å². The van der Waals surface area contributed by atoms with Crippen molar-refractivity contribution in [2.45, 2.75) is 18.4 Å². The number of benzene rings is 2. The summed E-state index contributed by atoms with van der Waals surface area (Å²) in [7, 11) is 0. The molecule has 2 aliphatic rings. The molecule has 0 radical (unpaired) electrons. The van der Waals surface area contributed by atoms with E-state index in [0.717, 1.165) is 12.0 Å². The average molecular weight is 424 g/mol. The van der Waals surface area contributed by atoms with Gasteiger partial charge < -0.3 is 5.32 Å². The first-order valence-corrected chi connectivity index (χ1v) is 8.99. The molecule has 1 aliphatic carbocycles. The molecule has 7 heteroatoms. The molecule has 0 saturated carbocycles. The fraction of sp³-hybridized carbons (Fsp3) is 0.222. The maximum Gasteiger partial charge on any atom is 0.269 e. The van der Waals surface area contributed by atoms with Gasteiger partial charge in [-0.3, -0.25) is 10.1 Å². The molecule has 0 unspecified atom stereocenters. The van der Waals surface area contributed by atoms with Crippen LogP contribution in [0.15, 0.2) is 47.0 Å². The predicted molar refractivity (Wildman–Crippen MR) is 98.6 cm³/mol. The molecule has 25 heavy (non-hydrogen) atoms. The lowest BCUT2D eigenvalue weighted by atomic mass is 9.77. The van der Waals surface area contributed by atoms with Crippen LogP contribution in [0, 0.1) is 21.8 Å². The largest absolute Gasteiger partial charge is 0.375 e. The van der Waals surface area contributed by atoms with Gasteiger partial charge in [-0.2, -0.15) is 0 Å². The molecule has 3 atom stereocenters. The molecule has 1 aliphatic heterocycles. The summed E-state index contributed by atoms with van der Waals surface area (Å²) in [5.74, 6) is -0.182. The van der Waals surface area contributed by atoms with Gasteiger partial charge in [0.15, 0.2) is 0 Å². The number of hydrogen-bond donors (Lipinski definition) is 1. The third kappa shape index (κ3) is 2.73. The maximum absolute atomic E-state index is 14.5. The minimum Gasteiger partial charge on any atom is -0.375 e. The van der Waals surface area contributed by atoms with Gasteiger partial charge in [0, 0.05) is 33.1 Å². The van der Waals surface area contributed by atoms with Gasteiger partial charge in [0.05, 0.1) is 16.7 Å². The summed E-state index contributed by atoms with van der Waals surface area (Å²) < 4.78 is 15.2. The van der Waals surface area contributed by atoms with Crippen LogP contribution in [0.1, 0.15) is 29.5 Å². The predicted octanol–water partition coefficient (Wildman–Crippen LogP) is 5.98. The van der Waals surface area contributed by atoms with Crippen LogP contribution in [-0.2, 0) is 0 Å². The lowest BCUT2D eigenvalue weighted by Crippen LogP contribution is -2.30. The zero-order chi connectivity index (χ0) is 17.7. The molecule has 0 aromatic heterocycles. The fourth-order valence-electron chi connectivity index (χ4n) is 3.81. The van der Waals surface area contributed by atoms with Crippen LogP contribution in [0.2, 0.25) is 5.02 Å². The summed E-state index contributed by atoms with van der Waals surface area (Å²) >= 11 is 9.68. The normalized spacial score (nSPS) is 23.7. The van der Waals surface area contributed by atoms with Gasteiger partial charge in [-0.1, -0.05) is 39.7 Å². The van der Waals surface area contributed by atoms with Gasteiger partial charge in [-0.25, -0.2) is 4.39 Å². The summed E-state index contributed by atoms with van der Waals surface area (Å²) in [4.78, 5) is 10.7. The van der Waals surface area contributed by atoms with E-state index in [1.54, 1.807) is 0 Å². The maximum atomic E-state index is 14.5. The monoisotopic (exact) mass is 422 g/mol. The second-order valence-corrected chi connectivity index (χ2v) is 7.61. The molecule has 128 valence electrons. The number of hydrogen-bond acceptors (Lipinski definition) is 3. The van der Waals surface area contributed by atoms with Crippen LogP contribution in [-0.4, -0.2) is 4.92 Å². The molecular formula is C18H13BrClFN2O2. The Balaban J connectivity index is 1.85. The van der Waals surface area contributed by atoms with Crippen molar-refractivity contribution in [3.05, 3.63) is 79.0 Å². The first kappa shape index (κ1) is 16.5. The highest BCUT2D eigenvalue weighted by atomic mass is 79.9. The molecule has 0 amide bonds. The quantitative estimate of drug-likeness (QED) is 0.367. The molecular weight excluding hydrogens is 411 g/mol. The molecule has 0 bridgehead atoms. The number of nitrogens with one attached hydrogen (secondary N) is 1. The van der Waals surface area contributed by atoms with Crippen molar-refractivity contribution in [1.29, 1.82) is 0 Å². The van der Waals surface area contributed by atoms with Crippen LogP contribution < -0.4 is 5.32 Å². The second kappa shape index (κ2) is 6.11. The third-order valence-corrected chi connectivity index (χ3v) is 5.71. The minimum atomic E-state index is -0.446. The number of allylic oxidation sites excluding steroid dienone is 2. The van der Waals surface area contributed by atoms with E-state index in [0.29, 0.717) is 20.7 Å². The SMILES string of the molecule is O=[N+]([O-])c1ccc(Cl)c([C@@H]2Nc3c(F)cc(Br)cc3[C@H]3C=CC[C@@H]32)c1. The Hall–Kier alpha value is -1.92. The van der Waals surface area contributed by atoms with Crippen molar-refractivity contribution >= 4 is 38.9 Å². The van der Waals surface area contributed by atoms with Gasteiger partial charge in [-0.15, -0.1) is 0 Å². The second-order valence-electron chi connectivity index (χ2n) is 6.29. The van der Waals surface area contributed by atoms with Crippen LogP contribution in [0.5, 0.6) is 0 Å². The molecule has 1 N–H and O–H groups in total. The van der Waals surface area contributed by atoms with Crippen molar-refractivity contribution in [2.75, 3.05) is 5.32 Å². The van der Waals surface area contributed by atoms with Crippen molar-refractivity contribution in [3.8, 4) is 0 Å². The summed E-state index contributed by atoms with van der Waals surface area (Å²) in [6.45, 7) is 0. The number of rotatable bonds is 2. The van der Waals surface area contributed by atoms with Crippen molar-refractivity contribution in [1.82, 2.24) is 0 Å². The number of halogens is 3. The molecule has 0 saturated heterocycles. The van der Waals surface area contributed by atoms with Gasteiger partial charge >= 0.3 is 0 Å². The summed E-state index contributed by atoms with van der Waals surface area (Å²) in [5, 5.41) is 14.8. The smallest absolute Gasteiger partial charge is 0.269 e. The Morgan fingerprint density at radius 3 is 2.84 bits per heavy atom. The van der Waals surface area contributed by atoms with E-state index in [4.69, 9.17) is 11.6 Å². The van der Waals surface area contributed by atoms with Crippen molar-refractivity contribution in [2.24, 2.45) is 5.92 Å². The molecule has 4 nitrogen and oxygen atoms in total. The number of anilines is 1. The highest BCUT2D eigenvalue weighted by molar-refractivity contribution is 9.10. The molecule has 1 heterocycles. The topological polar surface area (TPSA) is 55.2 Å². The first-order chi connectivity index (χ1) is 12.0. The Labute approximate surface area is 157 Å². The third-order valence-electron chi connectivity index (χ3n) is 4.91. The van der Waals surface area contributed by atoms with Crippen LogP contribution >= 0.6 is 27.5 Å². The minimum absolute atomic E-state index is 0.0224. The van der Waals surface area contributed by atoms with E-state index in [9.17, 15) is 14.5 Å². The van der Waals surface area contributed by atoms with Gasteiger partial charge in [-0.05, 0) is 36.1 Å². The molecule has 0 fully saturated rings. The van der Waals surface area contributed by atoms with Crippen LogP contribution in [0.25, 0.3) is 0 Å². The Kier molecular flexibility index (Phi) is 4.04. The first-order valence-electron chi connectivity index (χ1n) is 7.81. The number of nitrogens with zero attached hydrogens (tertiary/aromatic N) is 1. The van der Waals surface area contributed by atoms with E-state index in [1.165, 1.54) is 24.3 Å². The highest BCUT2D eigenvalue weighted by Crippen LogP contribution is 2.52. The van der Waals surface area contributed by atoms with Gasteiger partial charge in [0.1, 0.15) is 5.82 Å². The summed E-state index contributed by atoms with van der Waals surface area (Å²) in [6, 6.07) is 7.43. The molecule has 2 aromatic carbocycles. The average Bonchev–Trinajstić information content (AvgIpc) is 3.05. The van der Waals surface area contributed by atoms with E-state index in [1.807, 2.05) is 6.07 Å². The summed E-state index contributed by atoms with van der Waals surface area (Å²) in [5.41, 5.74) is 1.93. The molecule has 2 aromatic rings. The number of nitro benzene ring substituents is 1. The number of non-ortho nitro benzene ring substituents is 1. The van der Waals surface area contributed by atoms with Crippen LogP contribution in [0.3, 0.4) is 0 Å². The van der Waals surface area contributed by atoms with E-state index < -0.39 is 4.92 Å². The zero-order valence-electron chi connectivity index (χ0n) is 12.9. The Morgan fingerprint density at radius 2 is 2.08 bits per heavy atom. The molecule has 0 spiro atoms. The van der Waals surface area contributed by atoms with Gasteiger partial charge in [0.25, 0.3) is 5.69 Å². The summed E-state index contributed by atoms with van der Waals surface area (Å²) in [6.07, 6.45) is 4.95. The lowest BCUT2D eigenvalue weighted by Gasteiger charge is -2.38. The zero-order valence-corrected chi connectivity index (χ0v) is 15.2. The number of fused-ring (bicyclic) bond motifs is 3.